The van der Waals surface area contributed by atoms with Crippen molar-refractivity contribution in [1.82, 2.24) is 10.1 Å². The van der Waals surface area contributed by atoms with Gasteiger partial charge < -0.3 is 14.5 Å². The lowest BCUT2D eigenvalue weighted by molar-refractivity contribution is -0.0300. The van der Waals surface area contributed by atoms with E-state index in [2.05, 4.69) is 4.98 Å². The number of halogens is 1. The van der Waals surface area contributed by atoms with E-state index in [0.717, 1.165) is 33.0 Å². The van der Waals surface area contributed by atoms with E-state index in [0.29, 0.717) is 16.9 Å². The number of amides is 1. The molecule has 0 saturated carbocycles. The van der Waals surface area contributed by atoms with Crippen LogP contribution in [0.2, 0.25) is 0 Å². The number of pyridine rings is 1. The first-order valence-electron chi connectivity index (χ1n) is 10.5. The Morgan fingerprint density at radius 2 is 1.85 bits per heavy atom. The number of fused-ring (bicyclic) bond motifs is 3. The highest BCUT2D eigenvalue weighted by molar-refractivity contribution is 7.17. The minimum atomic E-state index is -0.992. The average molecular weight is 469 g/mol. The van der Waals surface area contributed by atoms with Crippen molar-refractivity contribution >= 4 is 38.4 Å². The Labute approximate surface area is 194 Å². The zero-order chi connectivity index (χ0) is 23.8. The standard InChI is InChI=1S/C25H25FN2O4S/c1-25(2,3)32-24(30)28(26)13-11-15-5-7-16(8-6-15)20-19(31-4)10-9-18-21(20)17-12-14-33-22(17)23(29)27-18/h5-10,12,14H,11,13H2,1-4H3,(H,27,29). The number of aromatic amines is 1. The molecule has 0 saturated heterocycles. The topological polar surface area (TPSA) is 71.6 Å². The van der Waals surface area contributed by atoms with Gasteiger partial charge in [0.05, 0.1) is 13.7 Å². The summed E-state index contributed by atoms with van der Waals surface area (Å²) in [6.45, 7) is 4.97. The summed E-state index contributed by atoms with van der Waals surface area (Å²) in [5, 5.41) is 3.79. The fourth-order valence-electron chi connectivity index (χ4n) is 3.75. The summed E-state index contributed by atoms with van der Waals surface area (Å²) in [5.41, 5.74) is 2.53. The van der Waals surface area contributed by atoms with Gasteiger partial charge in [0.1, 0.15) is 16.1 Å². The number of nitrogens with zero attached hydrogens (tertiary/aromatic N) is 1. The molecule has 1 amide bonds. The molecule has 33 heavy (non-hydrogen) atoms. The lowest BCUT2D eigenvalue weighted by atomic mass is 9.96. The van der Waals surface area contributed by atoms with Crippen LogP contribution in [-0.4, -0.2) is 35.5 Å². The minimum Gasteiger partial charge on any atom is -0.496 e. The molecule has 0 radical (unpaired) electrons. The number of H-pyrrole nitrogens is 1. The minimum absolute atomic E-state index is 0.0938. The predicted molar refractivity (Wildman–Crippen MR) is 130 cm³/mol. The van der Waals surface area contributed by atoms with Gasteiger partial charge in [-0.25, -0.2) is 4.79 Å². The smallest absolute Gasteiger partial charge is 0.438 e. The summed E-state index contributed by atoms with van der Waals surface area (Å²) in [5.74, 6) is 0.689. The number of rotatable bonds is 5. The highest BCUT2D eigenvalue weighted by Gasteiger charge is 2.22. The highest BCUT2D eigenvalue weighted by Crippen LogP contribution is 2.40. The van der Waals surface area contributed by atoms with Crippen LogP contribution in [0.3, 0.4) is 0 Å². The van der Waals surface area contributed by atoms with Gasteiger partial charge in [-0.1, -0.05) is 28.7 Å². The van der Waals surface area contributed by atoms with Crippen molar-refractivity contribution in [1.29, 1.82) is 0 Å². The quantitative estimate of drug-likeness (QED) is 0.360. The van der Waals surface area contributed by atoms with E-state index >= 15 is 0 Å². The molecule has 172 valence electrons. The number of hydrogen-bond acceptors (Lipinski definition) is 5. The molecule has 4 rings (SSSR count). The highest BCUT2D eigenvalue weighted by atomic mass is 32.1. The first-order valence-corrected chi connectivity index (χ1v) is 11.4. The van der Waals surface area contributed by atoms with Crippen LogP contribution in [-0.2, 0) is 11.2 Å². The zero-order valence-electron chi connectivity index (χ0n) is 18.9. The number of aromatic nitrogens is 1. The first-order chi connectivity index (χ1) is 15.7. The number of carbonyl (C=O) groups excluding carboxylic acids is 1. The Morgan fingerprint density at radius 3 is 2.52 bits per heavy atom. The molecule has 0 spiro atoms. The maximum atomic E-state index is 14.1. The third kappa shape index (κ3) is 4.71. The van der Waals surface area contributed by atoms with E-state index in [-0.39, 0.29) is 17.2 Å². The van der Waals surface area contributed by atoms with E-state index < -0.39 is 11.7 Å². The van der Waals surface area contributed by atoms with Crippen LogP contribution in [0.5, 0.6) is 5.75 Å². The molecule has 2 aromatic carbocycles. The Bertz CT molecular complexity index is 1370. The predicted octanol–water partition coefficient (Wildman–Crippen LogP) is 6.08. The van der Waals surface area contributed by atoms with Gasteiger partial charge in [0.25, 0.3) is 5.56 Å². The van der Waals surface area contributed by atoms with Gasteiger partial charge in [-0.2, -0.15) is 0 Å². The fraction of sp³-hybridized carbons (Fsp3) is 0.280. The fourth-order valence-corrected chi connectivity index (χ4v) is 4.55. The van der Waals surface area contributed by atoms with Crippen LogP contribution in [0.1, 0.15) is 26.3 Å². The summed E-state index contributed by atoms with van der Waals surface area (Å²) in [6.07, 6.45) is -0.654. The summed E-state index contributed by atoms with van der Waals surface area (Å²) in [7, 11) is 1.61. The lowest BCUT2D eigenvalue weighted by Crippen LogP contribution is -2.32. The number of ether oxygens (including phenoxy) is 2. The summed E-state index contributed by atoms with van der Waals surface area (Å²) in [6, 6.07) is 13.3. The Kier molecular flexibility index (Phi) is 6.12. The number of thiophene rings is 1. The number of benzene rings is 2. The van der Waals surface area contributed by atoms with Gasteiger partial charge in [-0.15, -0.1) is 16.5 Å². The Morgan fingerprint density at radius 1 is 1.12 bits per heavy atom. The van der Waals surface area contributed by atoms with Gasteiger partial charge in [-0.05, 0) is 61.9 Å². The van der Waals surface area contributed by atoms with E-state index in [1.54, 1.807) is 27.9 Å². The molecule has 0 atom stereocenters. The van der Waals surface area contributed by atoms with Crippen molar-refractivity contribution in [2.75, 3.05) is 13.7 Å². The van der Waals surface area contributed by atoms with E-state index in [4.69, 9.17) is 9.47 Å². The third-order valence-electron chi connectivity index (χ3n) is 5.21. The Balaban J connectivity index is 1.64. The average Bonchev–Trinajstić information content (AvgIpc) is 3.27. The van der Waals surface area contributed by atoms with E-state index in [1.165, 1.54) is 11.3 Å². The summed E-state index contributed by atoms with van der Waals surface area (Å²) < 4.78 is 25.4. The van der Waals surface area contributed by atoms with Crippen molar-refractivity contribution in [3.8, 4) is 16.9 Å². The van der Waals surface area contributed by atoms with Crippen LogP contribution in [0, 0.1) is 0 Å². The summed E-state index contributed by atoms with van der Waals surface area (Å²) >= 11 is 1.40. The van der Waals surface area contributed by atoms with Gasteiger partial charge in [-0.3, -0.25) is 4.79 Å². The van der Waals surface area contributed by atoms with Gasteiger partial charge in [0.15, 0.2) is 0 Å². The molecule has 1 N–H and O–H groups in total. The molecule has 2 aromatic heterocycles. The number of nitrogens with one attached hydrogen (secondary N) is 1. The van der Waals surface area contributed by atoms with Crippen LogP contribution >= 0.6 is 11.3 Å². The first kappa shape index (κ1) is 22.8. The normalized spacial score (nSPS) is 11.7. The number of carbonyl (C=O) groups is 1. The molecule has 0 aliphatic heterocycles. The van der Waals surface area contributed by atoms with E-state index in [9.17, 15) is 14.1 Å². The van der Waals surface area contributed by atoms with Crippen molar-refractivity contribution in [3.63, 3.8) is 0 Å². The van der Waals surface area contributed by atoms with E-state index in [1.807, 2.05) is 47.8 Å². The molecular weight excluding hydrogens is 443 g/mol. The van der Waals surface area contributed by atoms with Crippen molar-refractivity contribution in [3.05, 3.63) is 63.8 Å². The molecule has 2 heterocycles. The number of hydrogen-bond donors (Lipinski definition) is 1. The molecule has 0 unspecified atom stereocenters. The molecule has 4 aromatic rings. The molecule has 8 heteroatoms. The van der Waals surface area contributed by atoms with Gasteiger partial charge in [0.2, 0.25) is 0 Å². The molecule has 0 aliphatic carbocycles. The molecule has 0 fully saturated rings. The van der Waals surface area contributed by atoms with Crippen molar-refractivity contribution in [2.24, 2.45) is 0 Å². The largest absolute Gasteiger partial charge is 0.496 e. The Hall–Kier alpha value is -3.39. The second-order valence-corrected chi connectivity index (χ2v) is 9.61. The second kappa shape index (κ2) is 8.86. The van der Waals surface area contributed by atoms with Crippen LogP contribution in [0.15, 0.2) is 52.6 Å². The molecule has 0 aliphatic rings. The lowest BCUT2D eigenvalue weighted by Gasteiger charge is -2.22. The van der Waals surface area contributed by atoms with Crippen LogP contribution in [0.25, 0.3) is 32.1 Å². The molecule has 6 nitrogen and oxygen atoms in total. The van der Waals surface area contributed by atoms with Gasteiger partial charge >= 0.3 is 6.09 Å². The van der Waals surface area contributed by atoms with Crippen LogP contribution in [0.4, 0.5) is 9.28 Å². The van der Waals surface area contributed by atoms with Crippen LogP contribution < -0.4 is 10.3 Å². The number of methoxy groups -OCH3 is 1. The second-order valence-electron chi connectivity index (χ2n) is 8.70. The summed E-state index contributed by atoms with van der Waals surface area (Å²) in [4.78, 5) is 27.2. The van der Waals surface area contributed by atoms with Gasteiger partial charge in [0, 0.05) is 21.9 Å². The monoisotopic (exact) mass is 468 g/mol. The zero-order valence-corrected chi connectivity index (χ0v) is 19.7. The van der Waals surface area contributed by atoms with Crippen molar-refractivity contribution < 1.29 is 18.7 Å². The maximum Gasteiger partial charge on any atom is 0.438 e. The third-order valence-corrected chi connectivity index (χ3v) is 6.12. The maximum absolute atomic E-state index is 14.1. The molecule has 0 bridgehead atoms. The molecular formula is C25H25FN2O4S. The van der Waals surface area contributed by atoms with Crippen molar-refractivity contribution in [2.45, 2.75) is 32.8 Å². The SMILES string of the molecule is COc1ccc2[nH]c(=O)c3sccc3c2c1-c1ccc(CCN(F)C(=O)OC(C)(C)C)cc1.